The number of H-pyrrole nitrogens is 1. The molecule has 0 fully saturated rings. The molecule has 5 aromatic rings. The van der Waals surface area contributed by atoms with Crippen molar-refractivity contribution in [1.29, 1.82) is 0 Å². The normalized spacial score (nSPS) is 11.8. The Kier molecular flexibility index (Phi) is 7.01. The van der Waals surface area contributed by atoms with Crippen molar-refractivity contribution >= 4 is 45.2 Å². The molecule has 5 rings (SSSR count). The molecule has 1 aromatic heterocycles. The van der Waals surface area contributed by atoms with Crippen LogP contribution in [0.5, 0.6) is 0 Å². The average Bonchev–Trinajstić information content (AvgIpc) is 2.91. The summed E-state index contributed by atoms with van der Waals surface area (Å²) in [7, 11) is 0. The maximum atomic E-state index is 13.3. The fraction of sp³-hybridized carbons (Fsp3) is 0.100. The first-order chi connectivity index (χ1) is 18.0. The smallest absolute Gasteiger partial charge is 0.329 e. The van der Waals surface area contributed by atoms with Gasteiger partial charge >= 0.3 is 5.97 Å². The molecular formula is C30H23ClN2O4. The van der Waals surface area contributed by atoms with Gasteiger partial charge in [-0.2, -0.15) is 0 Å². The van der Waals surface area contributed by atoms with Crippen LogP contribution in [0.2, 0.25) is 5.02 Å². The summed E-state index contributed by atoms with van der Waals surface area (Å²) in [5.41, 5.74) is 2.17. The lowest BCUT2D eigenvalue weighted by molar-refractivity contribution is -0.147. The SMILES string of the molecule is O=C(NC(Cc1cc(=O)[nH]c2ccccc12)C(=O)OCc1ccc2ccccc2c1)c1ccc(Cl)cc1. The summed E-state index contributed by atoms with van der Waals surface area (Å²) in [6.45, 7) is 0.0487. The number of ether oxygens (including phenoxy) is 1. The molecule has 1 atom stereocenters. The number of para-hydroxylation sites is 1. The quantitative estimate of drug-likeness (QED) is 0.286. The van der Waals surface area contributed by atoms with E-state index in [9.17, 15) is 14.4 Å². The highest BCUT2D eigenvalue weighted by Crippen LogP contribution is 2.19. The van der Waals surface area contributed by atoms with Gasteiger partial charge in [-0.1, -0.05) is 66.2 Å². The second kappa shape index (κ2) is 10.7. The highest BCUT2D eigenvalue weighted by atomic mass is 35.5. The molecule has 0 aliphatic carbocycles. The first kappa shape index (κ1) is 24.3. The van der Waals surface area contributed by atoms with Crippen LogP contribution in [0.3, 0.4) is 0 Å². The van der Waals surface area contributed by atoms with E-state index >= 15 is 0 Å². The molecule has 0 aliphatic heterocycles. The first-order valence-electron chi connectivity index (χ1n) is 11.8. The predicted octanol–water partition coefficient (Wildman–Crippen LogP) is 5.42. The Morgan fingerprint density at radius 1 is 0.865 bits per heavy atom. The molecule has 4 aromatic carbocycles. The van der Waals surface area contributed by atoms with E-state index < -0.39 is 17.9 Å². The molecule has 1 amide bonds. The van der Waals surface area contributed by atoms with Crippen LogP contribution in [0.15, 0.2) is 102 Å². The molecule has 0 spiro atoms. The summed E-state index contributed by atoms with van der Waals surface area (Å²) in [6.07, 6.45) is 0.0836. The van der Waals surface area contributed by atoms with Crippen LogP contribution in [0, 0.1) is 0 Å². The third-order valence-electron chi connectivity index (χ3n) is 6.15. The number of hydrogen-bond donors (Lipinski definition) is 2. The zero-order chi connectivity index (χ0) is 25.8. The van der Waals surface area contributed by atoms with Gasteiger partial charge in [-0.15, -0.1) is 0 Å². The van der Waals surface area contributed by atoms with Crippen molar-refractivity contribution in [2.45, 2.75) is 19.1 Å². The third kappa shape index (κ3) is 5.71. The Hall–Kier alpha value is -4.42. The van der Waals surface area contributed by atoms with Crippen LogP contribution >= 0.6 is 11.6 Å². The maximum absolute atomic E-state index is 13.3. The maximum Gasteiger partial charge on any atom is 0.329 e. The number of rotatable bonds is 7. The summed E-state index contributed by atoms with van der Waals surface area (Å²) >= 11 is 5.95. The highest BCUT2D eigenvalue weighted by molar-refractivity contribution is 6.30. The van der Waals surface area contributed by atoms with Gasteiger partial charge in [0.15, 0.2) is 0 Å². The van der Waals surface area contributed by atoms with E-state index in [0.717, 1.165) is 21.7 Å². The van der Waals surface area contributed by atoms with Gasteiger partial charge in [-0.05, 0) is 58.3 Å². The van der Waals surface area contributed by atoms with Crippen molar-refractivity contribution in [1.82, 2.24) is 10.3 Å². The average molecular weight is 511 g/mol. The molecule has 0 aliphatic rings. The van der Waals surface area contributed by atoms with Crippen molar-refractivity contribution in [3.8, 4) is 0 Å². The molecule has 184 valence electrons. The number of aromatic nitrogens is 1. The van der Waals surface area contributed by atoms with Crippen LogP contribution in [0.25, 0.3) is 21.7 Å². The number of esters is 1. The van der Waals surface area contributed by atoms with Gasteiger partial charge in [-0.3, -0.25) is 9.59 Å². The number of pyridine rings is 1. The van der Waals surface area contributed by atoms with Crippen molar-refractivity contribution in [3.05, 3.63) is 129 Å². The Morgan fingerprint density at radius 2 is 1.59 bits per heavy atom. The van der Waals surface area contributed by atoms with E-state index in [0.29, 0.717) is 21.7 Å². The summed E-state index contributed by atoms with van der Waals surface area (Å²) in [5, 5.41) is 6.20. The van der Waals surface area contributed by atoms with Gasteiger partial charge in [0, 0.05) is 34.0 Å². The van der Waals surface area contributed by atoms with Crippen LogP contribution in [0.4, 0.5) is 0 Å². The van der Waals surface area contributed by atoms with Gasteiger partial charge in [0.2, 0.25) is 5.56 Å². The Bertz CT molecular complexity index is 1660. The minimum Gasteiger partial charge on any atom is -0.459 e. The molecule has 2 N–H and O–H groups in total. The summed E-state index contributed by atoms with van der Waals surface area (Å²) < 4.78 is 5.65. The van der Waals surface area contributed by atoms with E-state index in [1.165, 1.54) is 6.07 Å². The van der Waals surface area contributed by atoms with Gasteiger partial charge in [0.05, 0.1) is 0 Å². The molecule has 7 heteroatoms. The number of nitrogens with one attached hydrogen (secondary N) is 2. The molecule has 0 radical (unpaired) electrons. The van der Waals surface area contributed by atoms with E-state index in [2.05, 4.69) is 10.3 Å². The minimum atomic E-state index is -1.02. The standard InChI is InChI=1S/C30H23ClN2O4/c31-24-13-11-21(12-14-24)29(35)33-27(16-23-17-28(34)32-26-8-4-3-7-25(23)26)30(36)37-18-19-9-10-20-5-1-2-6-22(20)15-19/h1-15,17,27H,16,18H2,(H,32,34)(H,33,35). The monoisotopic (exact) mass is 510 g/mol. The molecule has 0 saturated carbocycles. The molecule has 1 heterocycles. The topological polar surface area (TPSA) is 88.3 Å². The lowest BCUT2D eigenvalue weighted by atomic mass is 10.0. The lowest BCUT2D eigenvalue weighted by Crippen LogP contribution is -2.43. The number of fused-ring (bicyclic) bond motifs is 2. The summed E-state index contributed by atoms with van der Waals surface area (Å²) in [6, 6.07) is 27.9. The minimum absolute atomic E-state index is 0.0487. The van der Waals surface area contributed by atoms with Gasteiger partial charge in [0.25, 0.3) is 5.91 Å². The van der Waals surface area contributed by atoms with E-state index in [-0.39, 0.29) is 18.6 Å². The number of halogens is 1. The zero-order valence-electron chi connectivity index (χ0n) is 19.7. The van der Waals surface area contributed by atoms with Gasteiger partial charge < -0.3 is 15.0 Å². The third-order valence-corrected chi connectivity index (χ3v) is 6.40. The molecule has 1 unspecified atom stereocenters. The second-order valence-corrected chi connectivity index (χ2v) is 9.17. The van der Waals surface area contributed by atoms with E-state index in [1.807, 2.05) is 60.7 Å². The number of benzene rings is 4. The fourth-order valence-corrected chi connectivity index (χ4v) is 4.41. The van der Waals surface area contributed by atoms with E-state index in [4.69, 9.17) is 16.3 Å². The molecule has 37 heavy (non-hydrogen) atoms. The van der Waals surface area contributed by atoms with Crippen LogP contribution in [-0.2, 0) is 22.6 Å². The molecule has 0 bridgehead atoms. The number of aromatic amines is 1. The van der Waals surface area contributed by atoms with E-state index in [1.54, 1.807) is 30.3 Å². The summed E-state index contributed by atoms with van der Waals surface area (Å²) in [4.78, 5) is 41.3. The Labute approximate surface area is 217 Å². The first-order valence-corrected chi connectivity index (χ1v) is 12.2. The fourth-order valence-electron chi connectivity index (χ4n) is 4.29. The summed E-state index contributed by atoms with van der Waals surface area (Å²) in [5.74, 6) is -1.04. The van der Waals surface area contributed by atoms with Crippen molar-refractivity contribution < 1.29 is 14.3 Å². The van der Waals surface area contributed by atoms with Crippen molar-refractivity contribution in [2.75, 3.05) is 0 Å². The van der Waals surface area contributed by atoms with Crippen molar-refractivity contribution in [3.63, 3.8) is 0 Å². The van der Waals surface area contributed by atoms with Crippen LogP contribution in [0.1, 0.15) is 21.5 Å². The second-order valence-electron chi connectivity index (χ2n) is 8.73. The highest BCUT2D eigenvalue weighted by Gasteiger charge is 2.25. The molecular weight excluding hydrogens is 488 g/mol. The lowest BCUT2D eigenvalue weighted by Gasteiger charge is -2.19. The van der Waals surface area contributed by atoms with Crippen LogP contribution in [-0.4, -0.2) is 22.9 Å². The number of amides is 1. The van der Waals surface area contributed by atoms with Gasteiger partial charge in [0.1, 0.15) is 12.6 Å². The van der Waals surface area contributed by atoms with Crippen molar-refractivity contribution in [2.24, 2.45) is 0 Å². The number of hydrogen-bond acceptors (Lipinski definition) is 4. The zero-order valence-corrected chi connectivity index (χ0v) is 20.5. The van der Waals surface area contributed by atoms with Crippen LogP contribution < -0.4 is 10.9 Å². The predicted molar refractivity (Wildman–Crippen MR) is 145 cm³/mol. The van der Waals surface area contributed by atoms with Gasteiger partial charge in [-0.25, -0.2) is 4.79 Å². The molecule has 0 saturated heterocycles. The number of carbonyl (C=O) groups is 2. The molecule has 6 nitrogen and oxygen atoms in total. The Balaban J connectivity index is 1.40. The Morgan fingerprint density at radius 3 is 2.41 bits per heavy atom. The largest absolute Gasteiger partial charge is 0.459 e. The number of carbonyl (C=O) groups excluding carboxylic acids is 2.